The van der Waals surface area contributed by atoms with Gasteiger partial charge in [-0.3, -0.25) is 14.3 Å². The first kappa shape index (κ1) is 23.5. The zero-order chi connectivity index (χ0) is 27.3. The third-order valence-corrected chi connectivity index (χ3v) is 8.36. The Hall–Kier alpha value is -5.40. The molecule has 194 valence electrons. The molecule has 0 radical (unpaired) electrons. The van der Waals surface area contributed by atoms with Crippen LogP contribution in [0.25, 0.3) is 65.3 Å². The van der Waals surface area contributed by atoms with Crippen molar-refractivity contribution in [2.75, 3.05) is 0 Å². The second-order valence-corrected chi connectivity index (χ2v) is 10.8. The fourth-order valence-electron chi connectivity index (χ4n) is 5.32. The van der Waals surface area contributed by atoms with Crippen molar-refractivity contribution in [1.82, 2.24) is 19.7 Å². The van der Waals surface area contributed by atoms with Crippen LogP contribution >= 0.6 is 11.3 Å². The number of carbonyl (C=O) groups excluding carboxylic acids is 1. The molecule has 0 aliphatic heterocycles. The lowest BCUT2D eigenvalue weighted by Gasteiger charge is -2.08. The molecule has 0 saturated carbocycles. The van der Waals surface area contributed by atoms with Gasteiger partial charge in [-0.15, -0.1) is 11.3 Å². The molecule has 6 nitrogen and oxygen atoms in total. The van der Waals surface area contributed by atoms with Gasteiger partial charge in [0.15, 0.2) is 5.76 Å². The topological polar surface area (TPSA) is 73.8 Å². The summed E-state index contributed by atoms with van der Waals surface area (Å²) in [7, 11) is 0. The van der Waals surface area contributed by atoms with E-state index in [4.69, 9.17) is 9.51 Å². The van der Waals surface area contributed by atoms with Gasteiger partial charge in [-0.2, -0.15) is 0 Å². The lowest BCUT2D eigenvalue weighted by molar-refractivity contribution is 0.0969. The van der Waals surface area contributed by atoms with Crippen molar-refractivity contribution < 1.29 is 9.32 Å². The number of hydrogen-bond acceptors (Lipinski definition) is 6. The number of para-hydroxylation sites is 2. The average Bonchev–Trinajstić information content (AvgIpc) is 3.77. The summed E-state index contributed by atoms with van der Waals surface area (Å²) in [6.07, 6.45) is 1.75. The van der Waals surface area contributed by atoms with Gasteiger partial charge in [0.1, 0.15) is 16.4 Å². The molecule has 0 amide bonds. The number of aromatic nitrogens is 4. The van der Waals surface area contributed by atoms with Crippen LogP contribution in [0.2, 0.25) is 0 Å². The Bertz CT molecular complexity index is 2190. The highest BCUT2D eigenvalue weighted by molar-refractivity contribution is 7.21. The Labute approximate surface area is 238 Å². The number of rotatable bonds is 4. The Morgan fingerprint density at radius 2 is 1.51 bits per heavy atom. The number of pyridine rings is 1. The summed E-state index contributed by atoms with van der Waals surface area (Å²) in [5, 5.41) is 7.25. The van der Waals surface area contributed by atoms with E-state index in [1.165, 1.54) is 0 Å². The molecular weight excluding hydrogens is 528 g/mol. The highest BCUT2D eigenvalue weighted by Crippen LogP contribution is 2.37. The predicted molar refractivity (Wildman–Crippen MR) is 163 cm³/mol. The van der Waals surface area contributed by atoms with Crippen molar-refractivity contribution >= 4 is 49.3 Å². The molecule has 8 aromatic rings. The summed E-state index contributed by atoms with van der Waals surface area (Å²) in [6.45, 7) is 0. The van der Waals surface area contributed by atoms with Gasteiger partial charge in [0.25, 0.3) is 5.91 Å². The summed E-state index contributed by atoms with van der Waals surface area (Å²) >= 11 is 1.67. The van der Waals surface area contributed by atoms with E-state index in [1.54, 1.807) is 22.1 Å². The largest absolute Gasteiger partial charge is 0.354 e. The number of nitrogens with zero attached hydrogens (tertiary/aromatic N) is 4. The maximum atomic E-state index is 13.8. The van der Waals surface area contributed by atoms with Crippen LogP contribution in [-0.4, -0.2) is 25.6 Å². The molecule has 4 aromatic carbocycles. The lowest BCUT2D eigenvalue weighted by atomic mass is 10.1. The van der Waals surface area contributed by atoms with Crippen molar-refractivity contribution in [2.45, 2.75) is 0 Å². The lowest BCUT2D eigenvalue weighted by Crippen LogP contribution is -2.12. The molecule has 0 saturated heterocycles. The van der Waals surface area contributed by atoms with Crippen LogP contribution in [0.3, 0.4) is 0 Å². The second kappa shape index (κ2) is 9.36. The van der Waals surface area contributed by atoms with Crippen LogP contribution in [0.4, 0.5) is 0 Å². The molecule has 4 heterocycles. The summed E-state index contributed by atoms with van der Waals surface area (Å²) in [5.74, 6) is 0.363. The number of benzene rings is 4. The molecule has 0 atom stereocenters. The zero-order valence-electron chi connectivity index (χ0n) is 21.6. The van der Waals surface area contributed by atoms with E-state index in [0.29, 0.717) is 28.2 Å². The molecule has 8 rings (SSSR count). The molecule has 0 aliphatic rings. The number of fused-ring (bicyclic) bond motifs is 4. The highest BCUT2D eigenvalue weighted by Gasteiger charge is 2.23. The summed E-state index contributed by atoms with van der Waals surface area (Å²) in [6, 6.07) is 37.3. The summed E-state index contributed by atoms with van der Waals surface area (Å²) in [5.41, 5.74) is 6.32. The maximum Gasteiger partial charge on any atom is 0.262 e. The number of thiazole rings is 1. The molecule has 0 aliphatic carbocycles. The van der Waals surface area contributed by atoms with Gasteiger partial charge in [-0.1, -0.05) is 78.0 Å². The van der Waals surface area contributed by atoms with Crippen molar-refractivity contribution in [3.8, 4) is 33.3 Å². The van der Waals surface area contributed by atoms with Gasteiger partial charge in [-0.05, 0) is 36.4 Å². The monoisotopic (exact) mass is 548 g/mol. The van der Waals surface area contributed by atoms with Gasteiger partial charge in [0, 0.05) is 39.7 Å². The molecule has 41 heavy (non-hydrogen) atoms. The van der Waals surface area contributed by atoms with Crippen molar-refractivity contribution in [3.63, 3.8) is 0 Å². The predicted octanol–water partition coefficient (Wildman–Crippen LogP) is 8.48. The van der Waals surface area contributed by atoms with Crippen molar-refractivity contribution in [2.24, 2.45) is 0 Å². The Balaban J connectivity index is 1.22. The van der Waals surface area contributed by atoms with Crippen molar-refractivity contribution in [3.05, 3.63) is 127 Å². The minimum Gasteiger partial charge on any atom is -0.354 e. The van der Waals surface area contributed by atoms with E-state index >= 15 is 0 Å². The first-order valence-corrected chi connectivity index (χ1v) is 14.0. The summed E-state index contributed by atoms with van der Waals surface area (Å²) in [4.78, 5) is 23.3. The smallest absolute Gasteiger partial charge is 0.262 e. The quantitative estimate of drug-likeness (QED) is 0.220. The molecule has 0 spiro atoms. The average molecular weight is 549 g/mol. The standard InChI is InChI=1S/C34H20N4O2S/c39-34(23-8-2-1-3-9-23)38-28-12-6-4-10-24(28)25-18-19-35-31(32(25)38)29-20-27(37-40-29)21-14-16-22(17-15-21)33-36-26-11-5-7-13-30(26)41-33/h1-20H. The maximum absolute atomic E-state index is 13.8. The van der Waals surface area contributed by atoms with E-state index in [-0.39, 0.29) is 5.91 Å². The van der Waals surface area contributed by atoms with Crippen LogP contribution in [0.5, 0.6) is 0 Å². The van der Waals surface area contributed by atoms with Crippen LogP contribution in [0.1, 0.15) is 10.4 Å². The molecule has 7 heteroatoms. The van der Waals surface area contributed by atoms with E-state index < -0.39 is 0 Å². The molecule has 4 aromatic heterocycles. The Morgan fingerprint density at radius 1 is 0.756 bits per heavy atom. The van der Waals surface area contributed by atoms with E-state index in [2.05, 4.69) is 28.3 Å². The molecular formula is C34H20N4O2S. The summed E-state index contributed by atoms with van der Waals surface area (Å²) < 4.78 is 8.75. The van der Waals surface area contributed by atoms with Crippen molar-refractivity contribution in [1.29, 1.82) is 0 Å². The van der Waals surface area contributed by atoms with Crippen LogP contribution in [0, 0.1) is 0 Å². The van der Waals surface area contributed by atoms with Gasteiger partial charge in [0.05, 0.1) is 21.3 Å². The van der Waals surface area contributed by atoms with Crippen LogP contribution in [-0.2, 0) is 0 Å². The zero-order valence-corrected chi connectivity index (χ0v) is 22.4. The SMILES string of the molecule is O=C(c1ccccc1)n1c2ccccc2c2ccnc(-c3cc(-c4ccc(-c5nc6ccccc6s5)cc4)no3)c21. The van der Waals surface area contributed by atoms with Crippen LogP contribution in [0.15, 0.2) is 126 Å². The Morgan fingerprint density at radius 3 is 2.37 bits per heavy atom. The number of carbonyl (C=O) groups is 1. The first-order valence-electron chi connectivity index (χ1n) is 13.2. The van der Waals surface area contributed by atoms with E-state index in [0.717, 1.165) is 42.6 Å². The fourth-order valence-corrected chi connectivity index (χ4v) is 6.29. The second-order valence-electron chi connectivity index (χ2n) is 9.72. The Kier molecular flexibility index (Phi) is 5.36. The van der Waals surface area contributed by atoms with Gasteiger partial charge < -0.3 is 4.52 Å². The first-order chi connectivity index (χ1) is 20.2. The molecule has 0 fully saturated rings. The minimum absolute atomic E-state index is 0.128. The third kappa shape index (κ3) is 3.86. The minimum atomic E-state index is -0.128. The molecule has 0 N–H and O–H groups in total. The number of hydrogen-bond donors (Lipinski definition) is 0. The third-order valence-electron chi connectivity index (χ3n) is 7.27. The molecule has 0 unspecified atom stereocenters. The van der Waals surface area contributed by atoms with E-state index in [1.807, 2.05) is 97.1 Å². The van der Waals surface area contributed by atoms with Gasteiger partial charge >= 0.3 is 0 Å². The van der Waals surface area contributed by atoms with Gasteiger partial charge in [0.2, 0.25) is 0 Å². The normalized spacial score (nSPS) is 11.5. The van der Waals surface area contributed by atoms with E-state index in [9.17, 15) is 4.79 Å². The highest BCUT2D eigenvalue weighted by atomic mass is 32.1. The fraction of sp³-hybridized carbons (Fsp3) is 0. The van der Waals surface area contributed by atoms with Crippen LogP contribution < -0.4 is 0 Å². The van der Waals surface area contributed by atoms with Gasteiger partial charge in [-0.25, -0.2) is 4.98 Å². The molecule has 0 bridgehead atoms.